The summed E-state index contributed by atoms with van der Waals surface area (Å²) in [6.07, 6.45) is -1.63. The lowest BCUT2D eigenvalue weighted by Gasteiger charge is -2.31. The van der Waals surface area contributed by atoms with Gasteiger partial charge >= 0.3 is 0 Å². The fourth-order valence-corrected chi connectivity index (χ4v) is 9.86. The summed E-state index contributed by atoms with van der Waals surface area (Å²) in [6.45, 7) is 2.12. The number of guanidine groups is 1. The Kier molecular flexibility index (Phi) is 30.4. The molecule has 1 aliphatic heterocycles. The fourth-order valence-electron chi connectivity index (χ4n) is 8.19. The topological polar surface area (TPSA) is 496 Å². The van der Waals surface area contributed by atoms with Gasteiger partial charge in [-0.05, 0) is 55.4 Å². The summed E-state index contributed by atoms with van der Waals surface area (Å²) < 4.78 is 0. The number of amides is 13. The maximum absolute atomic E-state index is 14.5. The smallest absolute Gasteiger partial charge is 0.246 e. The zero-order chi connectivity index (χ0) is 62.3. The zero-order valence-corrected chi connectivity index (χ0v) is 48.2. The van der Waals surface area contributed by atoms with Crippen LogP contribution in [0.15, 0.2) is 59.6 Å². The second-order valence-electron chi connectivity index (χ2n) is 19.3. The van der Waals surface area contributed by atoms with E-state index >= 15 is 0 Å². The van der Waals surface area contributed by atoms with Gasteiger partial charge in [0.15, 0.2) is 5.96 Å². The highest BCUT2D eigenvalue weighted by Crippen LogP contribution is 2.21. The molecule has 460 valence electrons. The number of nitrogens with two attached hydrogens (primary N) is 5. The van der Waals surface area contributed by atoms with Crippen LogP contribution in [0.4, 0.5) is 0 Å². The Morgan fingerprint density at radius 3 is 1.74 bits per heavy atom. The van der Waals surface area contributed by atoms with E-state index in [9.17, 15) is 67.4 Å². The molecule has 0 saturated carbocycles. The molecule has 13 amide bonds. The summed E-state index contributed by atoms with van der Waals surface area (Å²) in [5.74, 6) is -10.6. The zero-order valence-electron chi connectivity index (χ0n) is 46.6. The Bertz CT molecular complexity index is 2670. The number of carbonyl (C=O) groups excluding carboxylic acids is 13. The van der Waals surface area contributed by atoms with Crippen LogP contribution in [-0.2, 0) is 75.2 Å². The first-order chi connectivity index (χ1) is 39.8. The van der Waals surface area contributed by atoms with Crippen LogP contribution in [0.3, 0.4) is 0 Å². The molecule has 7 atom stereocenters. The number of benzene rings is 2. The molecule has 0 aliphatic carbocycles. The summed E-state index contributed by atoms with van der Waals surface area (Å²) in [5, 5.41) is 32.8. The second-order valence-corrected chi connectivity index (χ2v) is 21.4. The van der Waals surface area contributed by atoms with E-state index in [4.69, 9.17) is 28.7 Å². The molecule has 84 heavy (non-hydrogen) atoms. The number of rotatable bonds is 37. The van der Waals surface area contributed by atoms with Crippen molar-refractivity contribution in [2.45, 2.75) is 120 Å². The van der Waals surface area contributed by atoms with Gasteiger partial charge in [-0.25, -0.2) is 0 Å². The number of nitrogens with zero attached hydrogens (tertiary/aromatic N) is 2. The molecule has 0 aromatic heterocycles. The number of carbonyl (C=O) groups is 13. The van der Waals surface area contributed by atoms with Crippen LogP contribution in [0, 0.1) is 0 Å². The summed E-state index contributed by atoms with van der Waals surface area (Å²) in [7, 11) is 0. The second kappa shape index (κ2) is 36.7. The normalized spacial score (nSPS) is 14.7. The van der Waals surface area contributed by atoms with Gasteiger partial charge in [0.2, 0.25) is 76.8 Å². The van der Waals surface area contributed by atoms with Gasteiger partial charge < -0.3 is 86.5 Å². The Morgan fingerprint density at radius 2 is 1.14 bits per heavy atom. The van der Waals surface area contributed by atoms with Crippen LogP contribution >= 0.6 is 23.5 Å². The molecule has 20 N–H and O–H groups in total. The van der Waals surface area contributed by atoms with Crippen molar-refractivity contribution < 1.29 is 67.4 Å². The van der Waals surface area contributed by atoms with Crippen molar-refractivity contribution in [2.24, 2.45) is 33.7 Å². The number of thioether (sulfide) groups is 2. The van der Waals surface area contributed by atoms with Crippen molar-refractivity contribution in [3.63, 3.8) is 0 Å². The van der Waals surface area contributed by atoms with Gasteiger partial charge in [0, 0.05) is 64.1 Å². The molecule has 1 saturated heterocycles. The van der Waals surface area contributed by atoms with Crippen LogP contribution in [0.25, 0.3) is 0 Å². The summed E-state index contributed by atoms with van der Waals surface area (Å²) in [5.41, 5.74) is 28.1. The number of hydrogen-bond acceptors (Lipinski definition) is 17. The molecule has 3 rings (SSSR count). The maximum atomic E-state index is 14.5. The van der Waals surface area contributed by atoms with Gasteiger partial charge in [-0.2, -0.15) is 0 Å². The lowest BCUT2D eigenvalue weighted by Crippen LogP contribution is -2.61. The number of nitrogens with one attached hydrogen (secondary N) is 9. The molecular formula is C52H76N16O14S2. The number of phenols is 1. The third kappa shape index (κ3) is 26.9. The summed E-state index contributed by atoms with van der Waals surface area (Å²) in [6, 6.07) is 3.89. The first-order valence-electron chi connectivity index (χ1n) is 26.6. The first-order valence-corrected chi connectivity index (χ1v) is 28.9. The molecule has 0 unspecified atom stereocenters. The molecule has 32 heteroatoms. The highest BCUT2D eigenvalue weighted by molar-refractivity contribution is 7.99. The van der Waals surface area contributed by atoms with Crippen LogP contribution < -0.4 is 76.5 Å². The van der Waals surface area contributed by atoms with Crippen LogP contribution in [0.1, 0.15) is 76.3 Å². The van der Waals surface area contributed by atoms with E-state index in [0.717, 1.165) is 11.8 Å². The molecule has 0 bridgehead atoms. The molecule has 0 spiro atoms. The number of hydrogen-bond donors (Lipinski definition) is 15. The minimum absolute atomic E-state index is 0.00777. The molecule has 30 nitrogen and oxygen atoms in total. The van der Waals surface area contributed by atoms with E-state index in [0.29, 0.717) is 17.5 Å². The molecule has 2 aromatic rings. The van der Waals surface area contributed by atoms with Crippen LogP contribution in [-0.4, -0.2) is 178 Å². The molecule has 0 radical (unpaired) electrons. The van der Waals surface area contributed by atoms with E-state index in [-0.39, 0.29) is 92.5 Å². The minimum Gasteiger partial charge on any atom is -0.508 e. The number of phenolic OH excluding ortho intramolecular Hbond substituents is 1. The van der Waals surface area contributed by atoms with Crippen LogP contribution in [0.2, 0.25) is 0 Å². The third-order valence-electron chi connectivity index (χ3n) is 12.4. The Balaban J connectivity index is 1.94. The quantitative estimate of drug-likeness (QED) is 0.0130. The fraction of sp³-hybridized carbons (Fsp3) is 0.500. The highest BCUT2D eigenvalue weighted by Gasteiger charge is 2.40. The van der Waals surface area contributed by atoms with Gasteiger partial charge in [0.05, 0.1) is 24.7 Å². The Morgan fingerprint density at radius 1 is 0.595 bits per heavy atom. The molecular weight excluding hydrogens is 1140 g/mol. The van der Waals surface area contributed by atoms with Crippen LogP contribution in [0.5, 0.6) is 5.75 Å². The maximum Gasteiger partial charge on any atom is 0.246 e. The molecule has 1 fully saturated rings. The van der Waals surface area contributed by atoms with Gasteiger partial charge in [-0.3, -0.25) is 67.3 Å². The minimum atomic E-state index is -1.86. The Labute approximate surface area is 493 Å². The van der Waals surface area contributed by atoms with Gasteiger partial charge in [-0.1, -0.05) is 42.5 Å². The van der Waals surface area contributed by atoms with E-state index in [2.05, 4.69) is 52.8 Å². The number of aromatic hydroxyl groups is 1. The average molecular weight is 1210 g/mol. The molecule has 1 aliphatic rings. The third-order valence-corrected chi connectivity index (χ3v) is 14.1. The van der Waals surface area contributed by atoms with Crippen molar-refractivity contribution in [2.75, 3.05) is 42.9 Å². The predicted octanol–water partition coefficient (Wildman–Crippen LogP) is -5.08. The first kappa shape index (κ1) is 69.6. The van der Waals surface area contributed by atoms with Gasteiger partial charge in [0.25, 0.3) is 0 Å². The predicted molar refractivity (Wildman–Crippen MR) is 310 cm³/mol. The monoisotopic (exact) mass is 1210 g/mol. The van der Waals surface area contributed by atoms with Crippen molar-refractivity contribution in [1.82, 2.24) is 52.8 Å². The number of likely N-dealkylation sites (tertiary alicyclic amines) is 1. The number of primary amides is 3. The van der Waals surface area contributed by atoms with E-state index in [1.165, 1.54) is 54.8 Å². The van der Waals surface area contributed by atoms with Crippen molar-refractivity contribution in [3.8, 4) is 5.75 Å². The largest absolute Gasteiger partial charge is 0.508 e. The van der Waals surface area contributed by atoms with E-state index in [1.54, 1.807) is 30.3 Å². The Hall–Kier alpha value is -8.68. The lowest BCUT2D eigenvalue weighted by molar-refractivity contribution is -0.142. The van der Waals surface area contributed by atoms with Crippen molar-refractivity contribution in [3.05, 3.63) is 65.7 Å². The molecule has 1 heterocycles. The average Bonchev–Trinajstić information content (AvgIpc) is 4.14. The summed E-state index contributed by atoms with van der Waals surface area (Å²) in [4.78, 5) is 176. The SMILES string of the molecule is CC(=O)NCSCCC(=O)N[C@@H](Cc1ccc(O)cc1)C(=O)N[C@@H](Cc1ccccc1)C(=O)N[C@@H](CCC(N)=O)C(=O)N[C@@H](CC(N)=O)C(=O)N[C@@H](CSCNC(C)=O)C(=O)N1CCC[C@H]1C(=O)N[C@H](CCCN=C(N)N)C(=O)NCC(N)=O. The van der Waals surface area contributed by atoms with Gasteiger partial charge in [0.1, 0.15) is 48.0 Å². The van der Waals surface area contributed by atoms with E-state index in [1.807, 2.05) is 0 Å². The standard InChI is InChI=1S/C52H76N16O14S2/c1-29(69)60-27-83-21-18-44(75)62-36(23-32-12-14-33(71)15-13-32)47(78)65-37(22-31-8-4-3-5-9-31)48(79)63-35(16-17-41(53)72)46(77)66-38(24-42(54)73)49(80)67-39(26-84-28-61-30(2)70)51(82)68-20-7-11-40(68)50(81)64-34(10-6-19-58-52(56)57)45(76)59-25-43(55)74/h3-5,8-9,12-15,34-40,71H,6-7,10-11,16-28H2,1-2H3,(H2,53,72)(H2,54,73)(H2,55,74)(H,59,76)(H,60,69)(H,61,70)(H,62,75)(H,63,79)(H,64,81)(H,65,78)(H,66,77)(H,67,80)(H4,56,57,58)/t34-,35+,36+,37+,38+,39+,40+/m1/s1. The lowest BCUT2D eigenvalue weighted by atomic mass is 10.0. The molecule has 2 aromatic carbocycles. The van der Waals surface area contributed by atoms with E-state index < -0.39 is 139 Å². The van der Waals surface area contributed by atoms with Crippen molar-refractivity contribution in [1.29, 1.82) is 0 Å². The highest BCUT2D eigenvalue weighted by atomic mass is 32.2. The summed E-state index contributed by atoms with van der Waals surface area (Å²) >= 11 is 2.25. The number of aliphatic imine (C=N–C) groups is 1. The van der Waals surface area contributed by atoms with Gasteiger partial charge in [-0.15, -0.1) is 23.5 Å². The van der Waals surface area contributed by atoms with Crippen molar-refractivity contribution >= 4 is 106 Å².